The first-order valence-electron chi connectivity index (χ1n) is 37.0. The summed E-state index contributed by atoms with van der Waals surface area (Å²) in [5.41, 5.74) is 42.7. The first-order chi connectivity index (χ1) is 53.3. The van der Waals surface area contributed by atoms with Gasteiger partial charge in [-0.3, -0.25) is 24.4 Å². The van der Waals surface area contributed by atoms with Gasteiger partial charge in [-0.05, 0) is 159 Å². The fraction of sp³-hybridized carbons (Fsp3) is 0.420. The van der Waals surface area contributed by atoms with Crippen molar-refractivity contribution in [2.45, 2.75) is 168 Å². The Hall–Kier alpha value is -7.89. The van der Waals surface area contributed by atoms with Crippen molar-refractivity contribution in [1.29, 1.82) is 0 Å². The molecule has 0 amide bonds. The zero-order valence-electron chi connectivity index (χ0n) is 62.6. The number of pyridine rings is 2. The molecule has 3 aliphatic carbocycles. The standard InChI is InChI=1S/C13H17NO3.C12H17NO5S2.C10H12N2.C10H9NO.C9H6ClNO2S.C9H11N.C6H11NO3.2C6H13NO/c14-12(11-6-7-16-9-11)13(15)17-8-10-4-2-1-3-5-10;1-19-7-6-11(12(15)16)13-20(17,18)10-4-2-9(8-14)3-5-10;11-6-5-8-7-12-10-4-2-1-3-9(8)10;12-7-8-5-6-11-10-4-2-1-3-9(8)10;10-14(12,13)8-5-1-3-7-4-2-6-11-9(7)8;10-9-6-5-7-3-1-2-4-8(7)9;7-5(6(8)9)4-1-2-10-3-4;2*7-5-3-1-2-4-6(5)8/h1-5,11-12H,6-9,14H2;2-5,11,13-14H,6-8H2,1H3,(H,15,16);1-4,7,12H,5-6,11H2;1-6,12H,7H2;1-6H;1-4,9H,5-6,10H2;4-5H,1-3,7H2,(H,8,9);2*5-6,8H,1-4,7H2/t11-,12+;11-;;;;;4-,5+;5-,6+;5-,6-/m10....110/s1. The van der Waals surface area contributed by atoms with Gasteiger partial charge in [0, 0.05) is 94.1 Å². The second-order valence-electron chi connectivity index (χ2n) is 27.0. The average Bonchev–Trinajstić information content (AvgIpc) is 1.64. The van der Waals surface area contributed by atoms with Crippen molar-refractivity contribution in [2.75, 3.05) is 45.0 Å². The number of rotatable bonds is 18. The lowest BCUT2D eigenvalue weighted by molar-refractivity contribution is -0.148. The van der Waals surface area contributed by atoms with E-state index in [1.54, 1.807) is 30.5 Å². The number of aliphatic hydroxyl groups excluding tert-OH is 4. The Morgan fingerprint density at radius 1 is 0.640 bits per heavy atom. The van der Waals surface area contributed by atoms with E-state index < -0.39 is 49.1 Å². The summed E-state index contributed by atoms with van der Waals surface area (Å²) in [5.74, 6) is -1.83. The van der Waals surface area contributed by atoms with E-state index in [0.29, 0.717) is 55.8 Å². The Morgan fingerprint density at radius 3 is 1.79 bits per heavy atom. The number of carbonyl (C=O) groups is 3. The van der Waals surface area contributed by atoms with Crippen LogP contribution < -0.4 is 39.1 Å². The molecule has 0 bridgehead atoms. The number of benzene rings is 6. The molecular formula is C81H109ClN10O16S3. The van der Waals surface area contributed by atoms with Crippen LogP contribution in [-0.2, 0) is 80.3 Å². The van der Waals surface area contributed by atoms with Crippen LogP contribution in [0.1, 0.15) is 116 Å². The Morgan fingerprint density at radius 2 is 1.23 bits per heavy atom. The van der Waals surface area contributed by atoms with Gasteiger partial charge in [0.05, 0.1) is 54.6 Å². The minimum absolute atomic E-state index is 0.0116. The van der Waals surface area contributed by atoms with E-state index in [9.17, 15) is 31.2 Å². The van der Waals surface area contributed by atoms with Crippen molar-refractivity contribution in [3.05, 3.63) is 216 Å². The second kappa shape index (κ2) is 48.9. The number of aliphatic carboxylic acids is 2. The van der Waals surface area contributed by atoms with Gasteiger partial charge in [0.1, 0.15) is 29.6 Å². The summed E-state index contributed by atoms with van der Waals surface area (Å²) in [5, 5.41) is 56.6. The lowest BCUT2D eigenvalue weighted by atomic mass is 9.94. The fourth-order valence-corrected chi connectivity index (χ4v) is 15.0. The molecule has 14 rings (SSSR count). The molecule has 3 aromatic heterocycles. The number of carboxylic acid groups (broad SMARTS) is 2. The number of nitrogens with zero attached hydrogens (tertiary/aromatic N) is 2. The third-order valence-electron chi connectivity index (χ3n) is 18.9. The number of aryl methyl sites for hydroxylation is 1. The molecule has 0 spiro atoms. The molecule has 2 saturated heterocycles. The number of sulfonamides is 1. The number of nitrogens with one attached hydrogen (secondary N) is 2. The summed E-state index contributed by atoms with van der Waals surface area (Å²) in [6, 6.07) is 47.9. The van der Waals surface area contributed by atoms with Gasteiger partial charge in [0.15, 0.2) is 0 Å². The molecule has 5 aliphatic rings. The van der Waals surface area contributed by atoms with Crippen LogP contribution in [0.4, 0.5) is 0 Å². The van der Waals surface area contributed by atoms with Gasteiger partial charge in [-0.25, -0.2) is 16.8 Å². The summed E-state index contributed by atoms with van der Waals surface area (Å²) in [7, 11) is -2.33. The maximum absolute atomic E-state index is 12.1. The molecule has 30 heteroatoms. The van der Waals surface area contributed by atoms with Crippen LogP contribution in [0.15, 0.2) is 192 Å². The van der Waals surface area contributed by atoms with Crippen molar-refractivity contribution in [3.63, 3.8) is 0 Å². The first kappa shape index (κ1) is 92.0. The number of halogens is 1. The summed E-state index contributed by atoms with van der Waals surface area (Å²) < 4.78 is 64.0. The minimum Gasteiger partial charge on any atom is -0.480 e. The third kappa shape index (κ3) is 31.2. The smallest absolute Gasteiger partial charge is 0.323 e. The van der Waals surface area contributed by atoms with Crippen LogP contribution in [0.2, 0.25) is 0 Å². The van der Waals surface area contributed by atoms with E-state index in [1.165, 1.54) is 88.7 Å². The highest BCUT2D eigenvalue weighted by Crippen LogP contribution is 2.29. The number of H-pyrrole nitrogens is 1. The SMILES string of the molecule is CSCC[C@H](NS(=O)(=O)c1ccc(CO)cc1)C(=O)O.NC1CCc2ccccc21.NCCc1c[nH]c2ccccc12.N[C@@H]1CCCC[C@@H]1O.N[C@H](C(=O)O)[C@@H]1CCOC1.N[C@H](C(=O)OCc1ccccc1)[C@@H]1CCOC1.N[C@H]1CCCC[C@@H]1O.O=S(=O)(Cl)c1cccc2cccnc12.OCc1ccnc2ccccc12. The van der Waals surface area contributed by atoms with E-state index >= 15 is 0 Å². The van der Waals surface area contributed by atoms with E-state index in [2.05, 4.69) is 62.1 Å². The number of ether oxygens (including phenoxy) is 3. The molecule has 4 fully saturated rings. The molecule has 2 saturated carbocycles. The van der Waals surface area contributed by atoms with E-state index in [-0.39, 0.29) is 78.1 Å². The van der Waals surface area contributed by atoms with Gasteiger partial charge in [0.2, 0.25) is 10.0 Å². The van der Waals surface area contributed by atoms with Crippen LogP contribution >= 0.6 is 22.4 Å². The highest BCUT2D eigenvalue weighted by atomic mass is 35.7. The van der Waals surface area contributed by atoms with Gasteiger partial charge < -0.3 is 84.2 Å². The number of thioether (sulfide) groups is 1. The van der Waals surface area contributed by atoms with Crippen molar-refractivity contribution in [2.24, 2.45) is 46.2 Å². The summed E-state index contributed by atoms with van der Waals surface area (Å²) in [4.78, 5) is 44.5. The third-order valence-corrected chi connectivity index (χ3v) is 22.4. The average molecular weight is 1610 g/mol. The quantitative estimate of drug-likeness (QED) is 0.0281. The number of aliphatic hydroxyl groups is 4. The lowest BCUT2D eigenvalue weighted by Crippen LogP contribution is -2.41. The predicted molar refractivity (Wildman–Crippen MR) is 435 cm³/mol. The maximum Gasteiger partial charge on any atom is 0.323 e. The molecular weight excluding hydrogens is 1500 g/mol. The molecule has 5 heterocycles. The highest BCUT2D eigenvalue weighted by molar-refractivity contribution is 8.14. The fourth-order valence-electron chi connectivity index (χ4n) is 12.3. The number of hydrogen-bond acceptors (Lipinski definition) is 23. The van der Waals surface area contributed by atoms with Crippen molar-refractivity contribution < 1.29 is 76.1 Å². The second-order valence-corrected chi connectivity index (χ2v) is 32.2. The number of aromatic nitrogens is 3. The largest absolute Gasteiger partial charge is 0.480 e. The number of esters is 1. The highest BCUT2D eigenvalue weighted by Gasteiger charge is 2.31. The topological polar surface area (TPSA) is 478 Å². The van der Waals surface area contributed by atoms with Crippen LogP contribution in [0.5, 0.6) is 0 Å². The molecule has 0 radical (unpaired) electrons. The summed E-state index contributed by atoms with van der Waals surface area (Å²) in [6.45, 7) is 3.26. The van der Waals surface area contributed by atoms with Gasteiger partial charge in [-0.15, -0.1) is 0 Å². The van der Waals surface area contributed by atoms with Gasteiger partial charge >= 0.3 is 17.9 Å². The summed E-state index contributed by atoms with van der Waals surface area (Å²) >= 11 is 1.45. The zero-order valence-corrected chi connectivity index (χ0v) is 65.8. The molecule has 111 heavy (non-hydrogen) atoms. The Labute approximate surface area is 658 Å². The van der Waals surface area contributed by atoms with Crippen LogP contribution in [0, 0.1) is 11.8 Å². The molecule has 6 aromatic carbocycles. The molecule has 604 valence electrons. The Kier molecular flexibility index (Phi) is 40.5. The molecule has 10 atom stereocenters. The van der Waals surface area contributed by atoms with Crippen LogP contribution in [-0.4, -0.2) is 168 Å². The van der Waals surface area contributed by atoms with Crippen molar-refractivity contribution >= 4 is 92.1 Å². The number of para-hydroxylation sites is 3. The molecule has 26 nitrogen and oxygen atoms in total. The molecule has 2 aliphatic heterocycles. The predicted octanol–water partition coefficient (Wildman–Crippen LogP) is 8.88. The lowest BCUT2D eigenvalue weighted by Gasteiger charge is -2.23. The van der Waals surface area contributed by atoms with E-state index in [0.717, 1.165) is 98.0 Å². The number of aromatic amines is 1. The van der Waals surface area contributed by atoms with Gasteiger partial charge in [-0.2, -0.15) is 16.5 Å². The van der Waals surface area contributed by atoms with Gasteiger partial charge in [0.25, 0.3) is 9.05 Å². The van der Waals surface area contributed by atoms with Crippen LogP contribution in [0.3, 0.4) is 0 Å². The maximum atomic E-state index is 12.1. The van der Waals surface area contributed by atoms with Crippen molar-refractivity contribution in [3.8, 4) is 0 Å². The number of carbonyl (C=O) groups excluding carboxylic acids is 1. The molecule has 9 aromatic rings. The normalized spacial score (nSPS) is 19.7. The minimum atomic E-state index is -3.88. The van der Waals surface area contributed by atoms with Crippen molar-refractivity contribution in [1.82, 2.24) is 19.7 Å². The Balaban J connectivity index is 0.000000197. The van der Waals surface area contributed by atoms with Crippen LogP contribution in [0.25, 0.3) is 32.7 Å². The first-order valence-corrected chi connectivity index (χ1v) is 42.2. The van der Waals surface area contributed by atoms with E-state index in [4.69, 9.17) is 89.9 Å². The zero-order chi connectivity index (χ0) is 80.7. The number of hydrogen-bond donors (Lipinski definition) is 14. The van der Waals surface area contributed by atoms with Gasteiger partial charge in [-0.1, -0.05) is 147 Å². The molecule has 1 unspecified atom stereocenters. The van der Waals surface area contributed by atoms with E-state index in [1.807, 2.05) is 79.2 Å². The molecule has 20 N–H and O–H groups in total. The summed E-state index contributed by atoms with van der Waals surface area (Å²) in [6.07, 6.45) is 20.2. The number of carboxylic acids is 2. The monoisotopic (exact) mass is 1610 g/mol. The number of fused-ring (bicyclic) bond motifs is 4. The Bertz CT molecular complexity index is 4420. The number of nitrogens with two attached hydrogens (primary N) is 6.